The first-order chi connectivity index (χ1) is 12.4. The number of rotatable bonds is 4. The summed E-state index contributed by atoms with van der Waals surface area (Å²) < 4.78 is 5.81. The Bertz CT molecular complexity index is 893. The summed E-state index contributed by atoms with van der Waals surface area (Å²) in [6.45, 7) is 5.17. The first-order valence-electron chi connectivity index (χ1n) is 8.39. The lowest BCUT2D eigenvalue weighted by Gasteiger charge is -2.39. The highest BCUT2D eigenvalue weighted by Crippen LogP contribution is 2.37. The molecule has 2 amide bonds. The van der Waals surface area contributed by atoms with Crippen LogP contribution < -0.4 is 15.0 Å². The van der Waals surface area contributed by atoms with Crippen molar-refractivity contribution in [1.82, 2.24) is 0 Å². The van der Waals surface area contributed by atoms with Crippen molar-refractivity contribution in [2.45, 2.75) is 26.4 Å². The smallest absolute Gasteiger partial charge is 0.280 e. The van der Waals surface area contributed by atoms with E-state index in [1.54, 1.807) is 42.5 Å². The van der Waals surface area contributed by atoms with Gasteiger partial charge in [0.15, 0.2) is 5.78 Å². The SMILES string of the molecule is CCN1C(=O)C(C)(C(=O)Nc2cccc(C(C)=O)c2)Oc2ccccc21. The number of likely N-dealkylation sites (N-methyl/N-ethyl adjacent to an activating group) is 1. The number of hydrogen-bond donors (Lipinski definition) is 1. The molecule has 0 radical (unpaired) electrons. The van der Waals surface area contributed by atoms with Crippen LogP contribution in [0.5, 0.6) is 5.75 Å². The zero-order valence-electron chi connectivity index (χ0n) is 14.9. The van der Waals surface area contributed by atoms with Crippen molar-refractivity contribution in [3.63, 3.8) is 0 Å². The molecule has 3 rings (SSSR count). The summed E-state index contributed by atoms with van der Waals surface area (Å²) in [6, 6.07) is 13.7. The summed E-state index contributed by atoms with van der Waals surface area (Å²) in [4.78, 5) is 38.9. The Morgan fingerprint density at radius 3 is 2.58 bits per heavy atom. The molecule has 2 aromatic rings. The Balaban J connectivity index is 1.92. The number of benzene rings is 2. The number of hydrogen-bond acceptors (Lipinski definition) is 4. The first-order valence-corrected chi connectivity index (χ1v) is 8.39. The minimum Gasteiger partial charge on any atom is -0.465 e. The number of carbonyl (C=O) groups is 3. The van der Waals surface area contributed by atoms with Crippen molar-refractivity contribution >= 4 is 29.0 Å². The molecule has 1 aliphatic heterocycles. The van der Waals surface area contributed by atoms with Gasteiger partial charge >= 0.3 is 0 Å². The van der Waals surface area contributed by atoms with E-state index < -0.39 is 17.4 Å². The van der Waals surface area contributed by atoms with E-state index in [0.717, 1.165) is 0 Å². The zero-order valence-corrected chi connectivity index (χ0v) is 14.9. The van der Waals surface area contributed by atoms with E-state index in [9.17, 15) is 14.4 Å². The third-order valence-electron chi connectivity index (χ3n) is 4.40. The molecule has 0 fully saturated rings. The van der Waals surface area contributed by atoms with Crippen LogP contribution in [0.2, 0.25) is 0 Å². The second kappa shape index (κ2) is 6.63. The van der Waals surface area contributed by atoms with Gasteiger partial charge in [0.05, 0.1) is 5.69 Å². The molecule has 0 bridgehead atoms. The van der Waals surface area contributed by atoms with Gasteiger partial charge in [-0.25, -0.2) is 0 Å². The highest BCUT2D eigenvalue weighted by atomic mass is 16.5. The fourth-order valence-corrected chi connectivity index (χ4v) is 2.92. The molecule has 0 saturated carbocycles. The van der Waals surface area contributed by atoms with Crippen LogP contribution in [0.3, 0.4) is 0 Å². The van der Waals surface area contributed by atoms with E-state index in [2.05, 4.69) is 5.32 Å². The predicted octanol–water partition coefficient (Wildman–Crippen LogP) is 3.03. The first kappa shape index (κ1) is 17.7. The number of para-hydroxylation sites is 2. The molecule has 1 N–H and O–H groups in total. The Morgan fingerprint density at radius 2 is 1.88 bits per heavy atom. The van der Waals surface area contributed by atoms with Gasteiger partial charge in [-0.1, -0.05) is 24.3 Å². The molecule has 0 aromatic heterocycles. The van der Waals surface area contributed by atoms with E-state index in [1.165, 1.54) is 18.7 Å². The number of carbonyl (C=O) groups excluding carboxylic acids is 3. The van der Waals surface area contributed by atoms with E-state index >= 15 is 0 Å². The van der Waals surface area contributed by atoms with E-state index in [0.29, 0.717) is 29.2 Å². The molecule has 2 aromatic carbocycles. The number of anilines is 2. The lowest BCUT2D eigenvalue weighted by atomic mass is 9.99. The zero-order chi connectivity index (χ0) is 18.9. The Morgan fingerprint density at radius 1 is 1.15 bits per heavy atom. The van der Waals surface area contributed by atoms with Gasteiger partial charge in [0.1, 0.15) is 5.75 Å². The summed E-state index contributed by atoms with van der Waals surface area (Å²) in [7, 11) is 0. The molecule has 0 saturated heterocycles. The van der Waals surface area contributed by atoms with Crippen molar-refractivity contribution in [3.05, 3.63) is 54.1 Å². The second-order valence-electron chi connectivity index (χ2n) is 6.24. The largest absolute Gasteiger partial charge is 0.465 e. The Labute approximate surface area is 151 Å². The number of nitrogens with one attached hydrogen (secondary N) is 1. The van der Waals surface area contributed by atoms with Crippen molar-refractivity contribution < 1.29 is 19.1 Å². The minimum atomic E-state index is -1.70. The topological polar surface area (TPSA) is 75.7 Å². The third kappa shape index (κ3) is 2.94. The average molecular weight is 352 g/mol. The standard InChI is InChI=1S/C20H20N2O4/c1-4-22-16-10-5-6-11-17(16)26-20(3,19(22)25)18(24)21-15-9-7-8-14(12-15)13(2)23/h5-12H,4H2,1-3H3,(H,21,24). The van der Waals surface area contributed by atoms with Crippen molar-refractivity contribution in [3.8, 4) is 5.75 Å². The maximum absolute atomic E-state index is 12.9. The summed E-state index contributed by atoms with van der Waals surface area (Å²) in [5.41, 5.74) is -0.146. The van der Waals surface area contributed by atoms with Gasteiger partial charge in [-0.15, -0.1) is 0 Å². The number of ketones is 1. The van der Waals surface area contributed by atoms with Crippen LogP contribution in [0.4, 0.5) is 11.4 Å². The lowest BCUT2D eigenvalue weighted by Crippen LogP contribution is -2.60. The van der Waals surface area contributed by atoms with Crippen LogP contribution in [0, 0.1) is 0 Å². The number of nitrogens with zero attached hydrogens (tertiary/aromatic N) is 1. The van der Waals surface area contributed by atoms with Crippen molar-refractivity contribution in [2.75, 3.05) is 16.8 Å². The predicted molar refractivity (Wildman–Crippen MR) is 98.6 cm³/mol. The van der Waals surface area contributed by atoms with Gasteiger partial charge in [0.2, 0.25) is 0 Å². The fourth-order valence-electron chi connectivity index (χ4n) is 2.92. The Hall–Kier alpha value is -3.15. The van der Waals surface area contributed by atoms with E-state index in [4.69, 9.17) is 4.74 Å². The van der Waals surface area contributed by atoms with Crippen LogP contribution in [0.15, 0.2) is 48.5 Å². The molecule has 6 nitrogen and oxygen atoms in total. The van der Waals surface area contributed by atoms with Crippen LogP contribution in [-0.2, 0) is 9.59 Å². The molecule has 1 atom stereocenters. The summed E-state index contributed by atoms with van der Waals surface area (Å²) in [5.74, 6) is -0.650. The molecular formula is C20H20N2O4. The van der Waals surface area contributed by atoms with Crippen LogP contribution in [0.1, 0.15) is 31.1 Å². The van der Waals surface area contributed by atoms with Crippen molar-refractivity contribution in [1.29, 1.82) is 0 Å². The van der Waals surface area contributed by atoms with Gasteiger partial charge in [-0.3, -0.25) is 14.4 Å². The highest BCUT2D eigenvalue weighted by Gasteiger charge is 2.50. The highest BCUT2D eigenvalue weighted by molar-refractivity contribution is 6.19. The molecule has 134 valence electrons. The molecule has 0 aliphatic carbocycles. The number of Topliss-reactive ketones (excluding diaryl/α,β-unsaturated/α-hetero) is 1. The molecule has 1 unspecified atom stereocenters. The summed E-state index contributed by atoms with van der Waals surface area (Å²) >= 11 is 0. The van der Waals surface area contributed by atoms with Crippen molar-refractivity contribution in [2.24, 2.45) is 0 Å². The maximum Gasteiger partial charge on any atom is 0.280 e. The number of ether oxygens (including phenoxy) is 1. The number of amides is 2. The molecule has 1 heterocycles. The summed E-state index contributed by atoms with van der Waals surface area (Å²) in [5, 5.41) is 2.69. The van der Waals surface area contributed by atoms with Gasteiger partial charge in [0.25, 0.3) is 17.4 Å². The molecule has 26 heavy (non-hydrogen) atoms. The average Bonchev–Trinajstić information content (AvgIpc) is 2.63. The molecule has 6 heteroatoms. The fraction of sp³-hybridized carbons (Fsp3) is 0.250. The lowest BCUT2D eigenvalue weighted by molar-refractivity contribution is -0.145. The molecular weight excluding hydrogens is 332 g/mol. The Kier molecular flexibility index (Phi) is 4.50. The molecule has 1 aliphatic rings. The summed E-state index contributed by atoms with van der Waals surface area (Å²) in [6.07, 6.45) is 0. The van der Waals surface area contributed by atoms with E-state index in [1.807, 2.05) is 13.0 Å². The van der Waals surface area contributed by atoms with Crippen LogP contribution in [-0.4, -0.2) is 29.7 Å². The minimum absolute atomic E-state index is 0.108. The monoisotopic (exact) mass is 352 g/mol. The maximum atomic E-state index is 12.9. The number of fused-ring (bicyclic) bond motifs is 1. The third-order valence-corrected chi connectivity index (χ3v) is 4.40. The van der Waals surface area contributed by atoms with Gasteiger partial charge < -0.3 is 15.0 Å². The normalized spacial score (nSPS) is 18.7. The van der Waals surface area contributed by atoms with Crippen LogP contribution >= 0.6 is 0 Å². The quantitative estimate of drug-likeness (QED) is 0.678. The van der Waals surface area contributed by atoms with E-state index in [-0.39, 0.29) is 5.78 Å². The van der Waals surface area contributed by atoms with Crippen LogP contribution in [0.25, 0.3) is 0 Å². The second-order valence-corrected chi connectivity index (χ2v) is 6.24. The van der Waals surface area contributed by atoms with Gasteiger partial charge in [-0.2, -0.15) is 0 Å². The van der Waals surface area contributed by atoms with Gasteiger partial charge in [0, 0.05) is 17.8 Å². The van der Waals surface area contributed by atoms with Gasteiger partial charge in [-0.05, 0) is 45.0 Å². The molecule has 0 spiro atoms.